The summed E-state index contributed by atoms with van der Waals surface area (Å²) in [6.45, 7) is 0. The van der Waals surface area contributed by atoms with Gasteiger partial charge in [0.15, 0.2) is 0 Å². The van der Waals surface area contributed by atoms with E-state index in [0.717, 1.165) is 72.5 Å². The van der Waals surface area contributed by atoms with Gasteiger partial charge in [0.25, 0.3) is 0 Å². The Labute approximate surface area is 366 Å². The minimum absolute atomic E-state index is 0.868. The lowest BCUT2D eigenvalue weighted by Crippen LogP contribution is -2.12. The summed E-state index contributed by atoms with van der Waals surface area (Å²) >= 11 is 0. The van der Waals surface area contributed by atoms with E-state index in [4.69, 9.17) is 4.42 Å². The molecule has 0 saturated carbocycles. The van der Waals surface area contributed by atoms with Crippen LogP contribution in [0, 0.1) is 0 Å². The first kappa shape index (κ1) is 36.5. The molecule has 0 spiro atoms. The summed E-state index contributed by atoms with van der Waals surface area (Å²) in [5.41, 5.74) is 17.8. The first-order chi connectivity index (χ1) is 31.3. The van der Waals surface area contributed by atoms with E-state index in [2.05, 4.69) is 240 Å². The smallest absolute Gasteiger partial charge is 0.135 e. The fourth-order valence-corrected chi connectivity index (χ4v) is 9.53. The molecule has 296 valence electrons. The molecule has 10 aromatic carbocycles. The van der Waals surface area contributed by atoms with Crippen molar-refractivity contribution in [1.29, 1.82) is 0 Å². The van der Waals surface area contributed by atoms with Crippen LogP contribution in [-0.4, -0.2) is 4.57 Å². The predicted octanol–water partition coefficient (Wildman–Crippen LogP) is 16.8. The van der Waals surface area contributed by atoms with Gasteiger partial charge in [0, 0.05) is 44.2 Å². The summed E-state index contributed by atoms with van der Waals surface area (Å²) in [5, 5.41) is 4.65. The van der Waals surface area contributed by atoms with Crippen LogP contribution in [0.3, 0.4) is 0 Å². The average Bonchev–Trinajstić information content (AvgIpc) is 3.90. The molecule has 63 heavy (non-hydrogen) atoms. The predicted molar refractivity (Wildman–Crippen MR) is 264 cm³/mol. The van der Waals surface area contributed by atoms with Gasteiger partial charge in [-0.3, -0.25) is 0 Å². The first-order valence-corrected chi connectivity index (χ1v) is 21.5. The van der Waals surface area contributed by atoms with E-state index >= 15 is 0 Å². The third-order valence-electron chi connectivity index (χ3n) is 12.4. The van der Waals surface area contributed by atoms with Crippen LogP contribution < -0.4 is 4.90 Å². The van der Waals surface area contributed by atoms with Crippen molar-refractivity contribution < 1.29 is 4.42 Å². The Morgan fingerprint density at radius 2 is 0.889 bits per heavy atom. The van der Waals surface area contributed by atoms with Gasteiger partial charge in [-0.15, -0.1) is 0 Å². The summed E-state index contributed by atoms with van der Waals surface area (Å²) in [5.74, 6) is 0. The Bertz CT molecular complexity index is 3600. The number of hydrogen-bond acceptors (Lipinski definition) is 2. The number of hydrogen-bond donors (Lipinski definition) is 0. The fraction of sp³-hybridized carbons (Fsp3) is 0. The molecule has 2 heterocycles. The molecule has 0 bridgehead atoms. The minimum Gasteiger partial charge on any atom is -0.456 e. The maximum Gasteiger partial charge on any atom is 0.135 e. The monoisotopic (exact) mass is 804 g/mol. The van der Waals surface area contributed by atoms with Crippen LogP contribution in [0.15, 0.2) is 247 Å². The summed E-state index contributed by atoms with van der Waals surface area (Å²) in [4.78, 5) is 2.42. The summed E-state index contributed by atoms with van der Waals surface area (Å²) in [7, 11) is 0. The number of aromatic nitrogens is 1. The molecule has 0 amide bonds. The molecule has 12 aromatic rings. The van der Waals surface area contributed by atoms with E-state index in [9.17, 15) is 0 Å². The van der Waals surface area contributed by atoms with Gasteiger partial charge in [0.1, 0.15) is 11.2 Å². The van der Waals surface area contributed by atoms with Crippen molar-refractivity contribution in [1.82, 2.24) is 4.57 Å². The highest BCUT2D eigenvalue weighted by molar-refractivity contribution is 6.11. The van der Waals surface area contributed by atoms with Crippen LogP contribution in [0.4, 0.5) is 17.1 Å². The number of nitrogens with zero attached hydrogens (tertiary/aromatic N) is 2. The van der Waals surface area contributed by atoms with E-state index in [1.165, 1.54) is 38.5 Å². The minimum atomic E-state index is 0.868. The molecule has 0 saturated heterocycles. The highest BCUT2D eigenvalue weighted by atomic mass is 16.3. The normalized spacial score (nSPS) is 11.5. The first-order valence-electron chi connectivity index (χ1n) is 21.5. The van der Waals surface area contributed by atoms with Crippen molar-refractivity contribution in [2.75, 3.05) is 4.90 Å². The number of anilines is 3. The lowest BCUT2D eigenvalue weighted by atomic mass is 9.87. The largest absolute Gasteiger partial charge is 0.456 e. The van der Waals surface area contributed by atoms with Crippen molar-refractivity contribution in [2.24, 2.45) is 0 Å². The van der Waals surface area contributed by atoms with Gasteiger partial charge in [-0.25, -0.2) is 0 Å². The molecule has 2 aromatic heterocycles. The number of fused-ring (bicyclic) bond motifs is 6. The summed E-state index contributed by atoms with van der Waals surface area (Å²) < 4.78 is 8.73. The fourth-order valence-electron chi connectivity index (χ4n) is 9.53. The molecule has 0 aliphatic rings. The molecule has 0 aliphatic heterocycles. The molecule has 3 nitrogen and oxygen atoms in total. The maximum absolute atomic E-state index is 6.36. The Kier molecular flexibility index (Phi) is 8.83. The van der Waals surface area contributed by atoms with E-state index in [-0.39, 0.29) is 0 Å². The zero-order valence-corrected chi connectivity index (χ0v) is 34.4. The molecule has 0 radical (unpaired) electrons. The quantitative estimate of drug-likeness (QED) is 0.153. The third kappa shape index (κ3) is 6.29. The molecule has 0 aliphatic carbocycles. The zero-order chi connectivity index (χ0) is 41.7. The summed E-state index contributed by atoms with van der Waals surface area (Å²) in [6, 6.07) is 87.2. The van der Waals surface area contributed by atoms with Gasteiger partial charge in [-0.05, 0) is 112 Å². The molecule has 0 atom stereocenters. The molecular formula is C60H40N2O. The molecular weight excluding hydrogens is 765 g/mol. The lowest BCUT2D eigenvalue weighted by molar-refractivity contribution is 0.669. The van der Waals surface area contributed by atoms with Crippen LogP contribution in [0.2, 0.25) is 0 Å². The molecule has 0 unspecified atom stereocenters. The second kappa shape index (κ2) is 15.3. The van der Waals surface area contributed by atoms with Gasteiger partial charge >= 0.3 is 0 Å². The lowest BCUT2D eigenvalue weighted by Gasteiger charge is -2.30. The van der Waals surface area contributed by atoms with Crippen LogP contribution in [0.1, 0.15) is 0 Å². The van der Waals surface area contributed by atoms with Gasteiger partial charge in [-0.2, -0.15) is 0 Å². The highest BCUT2D eigenvalue weighted by Crippen LogP contribution is 2.49. The second-order valence-corrected chi connectivity index (χ2v) is 16.1. The van der Waals surface area contributed by atoms with Crippen LogP contribution in [0.5, 0.6) is 0 Å². The molecule has 0 fully saturated rings. The van der Waals surface area contributed by atoms with Crippen molar-refractivity contribution in [3.8, 4) is 50.2 Å². The number of benzene rings is 10. The van der Waals surface area contributed by atoms with Crippen molar-refractivity contribution in [3.63, 3.8) is 0 Å². The Balaban J connectivity index is 1.07. The van der Waals surface area contributed by atoms with Gasteiger partial charge in [-0.1, -0.05) is 170 Å². The standard InChI is InChI=1S/C60H40N2O/c1-4-17-42(18-5-1)48-23-10-11-26-52(48)60-49(43-19-6-2-7-20-43)27-16-29-57(60)61(47-36-38-59-54(40-47)51-25-13-15-30-58(51)63-59)46-34-31-41(32-35-46)44-33-37-56-53(39-44)50-24-12-14-28-55(50)62(56)45-21-8-3-9-22-45/h1-40H. The van der Waals surface area contributed by atoms with Gasteiger partial charge in [0.2, 0.25) is 0 Å². The van der Waals surface area contributed by atoms with E-state index in [1.54, 1.807) is 0 Å². The average molecular weight is 805 g/mol. The Morgan fingerprint density at radius 3 is 1.67 bits per heavy atom. The van der Waals surface area contributed by atoms with Gasteiger partial charge in [0.05, 0.1) is 16.7 Å². The van der Waals surface area contributed by atoms with E-state index in [1.807, 2.05) is 12.1 Å². The molecule has 0 N–H and O–H groups in total. The maximum atomic E-state index is 6.36. The number of para-hydroxylation sites is 3. The topological polar surface area (TPSA) is 21.3 Å². The van der Waals surface area contributed by atoms with E-state index < -0.39 is 0 Å². The number of furan rings is 1. The van der Waals surface area contributed by atoms with Crippen molar-refractivity contribution in [2.45, 2.75) is 0 Å². The van der Waals surface area contributed by atoms with Crippen LogP contribution in [-0.2, 0) is 0 Å². The third-order valence-corrected chi connectivity index (χ3v) is 12.4. The van der Waals surface area contributed by atoms with E-state index in [0.29, 0.717) is 0 Å². The SMILES string of the molecule is c1ccc(-c2ccccc2-c2c(-c3ccccc3)cccc2N(c2ccc(-c3ccc4c(c3)c3ccccc3n4-c3ccccc3)cc2)c2ccc3oc4ccccc4c3c2)cc1. The Hall–Kier alpha value is -8.40. The molecule has 12 rings (SSSR count). The zero-order valence-electron chi connectivity index (χ0n) is 34.4. The van der Waals surface area contributed by atoms with Crippen molar-refractivity contribution >= 4 is 60.8 Å². The highest BCUT2D eigenvalue weighted by Gasteiger charge is 2.24. The van der Waals surface area contributed by atoms with Crippen LogP contribution >= 0.6 is 0 Å². The molecule has 3 heteroatoms. The Morgan fingerprint density at radius 1 is 0.317 bits per heavy atom. The summed E-state index contributed by atoms with van der Waals surface area (Å²) in [6.07, 6.45) is 0. The number of rotatable bonds is 8. The van der Waals surface area contributed by atoms with Crippen LogP contribution in [0.25, 0.3) is 93.9 Å². The second-order valence-electron chi connectivity index (χ2n) is 16.1. The van der Waals surface area contributed by atoms with Gasteiger partial charge < -0.3 is 13.9 Å². The van der Waals surface area contributed by atoms with Crippen molar-refractivity contribution in [3.05, 3.63) is 243 Å².